The summed E-state index contributed by atoms with van der Waals surface area (Å²) in [6.07, 6.45) is 3.04. The molecule has 0 aliphatic carbocycles. The van der Waals surface area contributed by atoms with Crippen molar-refractivity contribution in [3.05, 3.63) is 63.9 Å². The Bertz CT molecular complexity index is 602. The SMILES string of the molecule is CNC(c1ccncc1Cl)c1ccc(C)c(F)c1F. The molecule has 2 nitrogen and oxygen atoms in total. The normalized spacial score (nSPS) is 12.5. The predicted octanol–water partition coefficient (Wildman–Crippen LogP) is 3.63. The van der Waals surface area contributed by atoms with E-state index in [1.807, 2.05) is 0 Å². The van der Waals surface area contributed by atoms with E-state index in [9.17, 15) is 8.78 Å². The van der Waals surface area contributed by atoms with Crippen LogP contribution in [-0.4, -0.2) is 12.0 Å². The zero-order valence-corrected chi connectivity index (χ0v) is 11.3. The Kier molecular flexibility index (Phi) is 4.12. The molecule has 0 amide bonds. The number of benzene rings is 1. The van der Waals surface area contributed by atoms with Crippen molar-refractivity contribution in [2.45, 2.75) is 13.0 Å². The number of nitrogens with one attached hydrogen (secondary N) is 1. The molecule has 100 valence electrons. The van der Waals surface area contributed by atoms with Crippen molar-refractivity contribution in [2.75, 3.05) is 7.05 Å². The molecule has 1 atom stereocenters. The van der Waals surface area contributed by atoms with Gasteiger partial charge >= 0.3 is 0 Å². The molecular formula is C14H13ClF2N2. The van der Waals surface area contributed by atoms with Gasteiger partial charge in [0.05, 0.1) is 11.1 Å². The van der Waals surface area contributed by atoms with Crippen LogP contribution in [0.25, 0.3) is 0 Å². The summed E-state index contributed by atoms with van der Waals surface area (Å²) in [4.78, 5) is 3.88. The topological polar surface area (TPSA) is 24.9 Å². The second-order valence-corrected chi connectivity index (χ2v) is 4.63. The van der Waals surface area contributed by atoms with Gasteiger partial charge in [-0.1, -0.05) is 23.7 Å². The average Bonchev–Trinajstić information content (AvgIpc) is 2.41. The Morgan fingerprint density at radius 3 is 2.53 bits per heavy atom. The highest BCUT2D eigenvalue weighted by molar-refractivity contribution is 6.31. The molecule has 0 saturated carbocycles. The van der Waals surface area contributed by atoms with Crippen molar-refractivity contribution in [1.29, 1.82) is 0 Å². The monoisotopic (exact) mass is 282 g/mol. The third-order valence-electron chi connectivity index (χ3n) is 3.02. The fourth-order valence-electron chi connectivity index (χ4n) is 1.98. The zero-order valence-electron chi connectivity index (χ0n) is 10.5. The maximum Gasteiger partial charge on any atom is 0.164 e. The molecule has 1 aromatic heterocycles. The second-order valence-electron chi connectivity index (χ2n) is 4.22. The van der Waals surface area contributed by atoms with E-state index in [1.54, 1.807) is 31.4 Å². The first kappa shape index (κ1) is 13.9. The minimum absolute atomic E-state index is 0.221. The number of aromatic nitrogens is 1. The Hall–Kier alpha value is -1.52. The number of nitrogens with zero attached hydrogens (tertiary/aromatic N) is 1. The molecule has 0 saturated heterocycles. The largest absolute Gasteiger partial charge is 0.309 e. The van der Waals surface area contributed by atoms with E-state index < -0.39 is 17.7 Å². The molecule has 5 heteroatoms. The lowest BCUT2D eigenvalue weighted by atomic mass is 9.98. The van der Waals surface area contributed by atoms with Crippen molar-refractivity contribution in [2.24, 2.45) is 0 Å². The number of rotatable bonds is 3. The van der Waals surface area contributed by atoms with E-state index in [0.29, 0.717) is 10.6 Å². The molecule has 0 spiro atoms. The summed E-state index contributed by atoms with van der Waals surface area (Å²) in [5.74, 6) is -1.69. The van der Waals surface area contributed by atoms with Gasteiger partial charge in [0.15, 0.2) is 11.6 Å². The smallest absolute Gasteiger partial charge is 0.164 e. The predicted molar refractivity (Wildman–Crippen MR) is 71.2 cm³/mol. The van der Waals surface area contributed by atoms with Gasteiger partial charge in [-0.2, -0.15) is 0 Å². The molecule has 1 heterocycles. The van der Waals surface area contributed by atoms with E-state index in [1.165, 1.54) is 13.1 Å². The van der Waals surface area contributed by atoms with Crippen LogP contribution in [0.15, 0.2) is 30.6 Å². The van der Waals surface area contributed by atoms with E-state index in [2.05, 4.69) is 10.3 Å². The van der Waals surface area contributed by atoms with Gasteiger partial charge in [-0.05, 0) is 31.2 Å². The number of aryl methyl sites for hydroxylation is 1. The highest BCUT2D eigenvalue weighted by atomic mass is 35.5. The van der Waals surface area contributed by atoms with Crippen molar-refractivity contribution in [3.8, 4) is 0 Å². The van der Waals surface area contributed by atoms with Crippen molar-refractivity contribution in [1.82, 2.24) is 10.3 Å². The summed E-state index contributed by atoms with van der Waals surface area (Å²) in [6, 6.07) is 4.27. The highest BCUT2D eigenvalue weighted by Crippen LogP contribution is 2.30. The lowest BCUT2D eigenvalue weighted by Gasteiger charge is -2.19. The Balaban J connectivity index is 2.55. The van der Waals surface area contributed by atoms with Crippen LogP contribution in [0.5, 0.6) is 0 Å². The van der Waals surface area contributed by atoms with Gasteiger partial charge in [-0.25, -0.2) is 8.78 Å². The van der Waals surface area contributed by atoms with Crippen LogP contribution in [0.3, 0.4) is 0 Å². The third kappa shape index (κ3) is 2.60. The van der Waals surface area contributed by atoms with Gasteiger partial charge in [0.1, 0.15) is 0 Å². The molecule has 0 radical (unpaired) electrons. The zero-order chi connectivity index (χ0) is 14.0. The van der Waals surface area contributed by atoms with Crippen LogP contribution in [0.1, 0.15) is 22.7 Å². The van der Waals surface area contributed by atoms with E-state index in [4.69, 9.17) is 11.6 Å². The number of pyridine rings is 1. The first-order chi connectivity index (χ1) is 9.06. The number of hydrogen-bond donors (Lipinski definition) is 1. The standard InChI is InChI=1S/C14H13ClF2N2/c1-8-3-4-10(13(17)12(8)16)14(18-2)9-5-6-19-7-11(9)15/h3-7,14,18H,1-2H3. The molecule has 0 aliphatic heterocycles. The van der Waals surface area contributed by atoms with Crippen LogP contribution < -0.4 is 5.32 Å². The molecule has 1 aromatic carbocycles. The molecule has 0 bridgehead atoms. The maximum absolute atomic E-state index is 14.0. The van der Waals surface area contributed by atoms with Crippen molar-refractivity contribution < 1.29 is 8.78 Å². The van der Waals surface area contributed by atoms with Gasteiger partial charge in [-0.15, -0.1) is 0 Å². The molecule has 0 aliphatic rings. The first-order valence-electron chi connectivity index (χ1n) is 5.77. The van der Waals surface area contributed by atoms with Crippen LogP contribution in [0.4, 0.5) is 8.78 Å². The van der Waals surface area contributed by atoms with Gasteiger partial charge in [0, 0.05) is 18.0 Å². The number of hydrogen-bond acceptors (Lipinski definition) is 2. The fraction of sp³-hybridized carbons (Fsp3) is 0.214. The van der Waals surface area contributed by atoms with E-state index in [-0.39, 0.29) is 11.1 Å². The van der Waals surface area contributed by atoms with Crippen LogP contribution in [0, 0.1) is 18.6 Å². The summed E-state index contributed by atoms with van der Waals surface area (Å²) in [6.45, 7) is 1.52. The lowest BCUT2D eigenvalue weighted by Crippen LogP contribution is -2.20. The van der Waals surface area contributed by atoms with Gasteiger partial charge in [0.2, 0.25) is 0 Å². The quantitative estimate of drug-likeness (QED) is 0.930. The van der Waals surface area contributed by atoms with Crippen LogP contribution in [-0.2, 0) is 0 Å². The minimum atomic E-state index is -0.854. The molecule has 1 N–H and O–H groups in total. The Morgan fingerprint density at radius 2 is 1.89 bits per heavy atom. The molecule has 1 unspecified atom stereocenters. The highest BCUT2D eigenvalue weighted by Gasteiger charge is 2.21. The second kappa shape index (κ2) is 5.63. The maximum atomic E-state index is 14.0. The van der Waals surface area contributed by atoms with Crippen molar-refractivity contribution >= 4 is 11.6 Å². The minimum Gasteiger partial charge on any atom is -0.309 e. The fourth-order valence-corrected chi connectivity index (χ4v) is 2.21. The average molecular weight is 283 g/mol. The number of halogens is 3. The van der Waals surface area contributed by atoms with Crippen molar-refractivity contribution in [3.63, 3.8) is 0 Å². The Morgan fingerprint density at radius 1 is 1.16 bits per heavy atom. The van der Waals surface area contributed by atoms with Gasteiger partial charge in [-0.3, -0.25) is 4.98 Å². The van der Waals surface area contributed by atoms with Gasteiger partial charge in [0.25, 0.3) is 0 Å². The summed E-state index contributed by atoms with van der Waals surface area (Å²) < 4.78 is 27.7. The molecule has 2 rings (SSSR count). The molecule has 0 fully saturated rings. The van der Waals surface area contributed by atoms with E-state index in [0.717, 1.165) is 0 Å². The summed E-state index contributed by atoms with van der Waals surface area (Å²) in [7, 11) is 1.67. The summed E-state index contributed by atoms with van der Waals surface area (Å²) >= 11 is 6.05. The molecule has 2 aromatic rings. The lowest BCUT2D eigenvalue weighted by molar-refractivity contribution is 0.482. The molecular weight excluding hydrogens is 270 g/mol. The van der Waals surface area contributed by atoms with Crippen LogP contribution >= 0.6 is 11.6 Å². The van der Waals surface area contributed by atoms with Crippen LogP contribution in [0.2, 0.25) is 5.02 Å². The third-order valence-corrected chi connectivity index (χ3v) is 3.34. The van der Waals surface area contributed by atoms with Gasteiger partial charge < -0.3 is 5.32 Å². The Labute approximate surface area is 115 Å². The summed E-state index contributed by atoms with van der Waals surface area (Å²) in [5, 5.41) is 3.35. The molecule has 19 heavy (non-hydrogen) atoms. The summed E-state index contributed by atoms with van der Waals surface area (Å²) in [5.41, 5.74) is 1.15. The van der Waals surface area contributed by atoms with E-state index >= 15 is 0 Å². The first-order valence-corrected chi connectivity index (χ1v) is 6.15.